The van der Waals surface area contributed by atoms with E-state index >= 15 is 0 Å². The fourth-order valence-corrected chi connectivity index (χ4v) is 5.67. The van der Waals surface area contributed by atoms with Crippen molar-refractivity contribution in [1.82, 2.24) is 9.88 Å². The SMILES string of the molecule is c1ccc2c(c1)Cc1cc(-c3[nH]c4ccccc4c3CCCN3CCCCC3)ccc1-2. The van der Waals surface area contributed by atoms with Gasteiger partial charge in [-0.3, -0.25) is 0 Å². The maximum absolute atomic E-state index is 3.77. The average Bonchev–Trinajstić information content (AvgIpc) is 3.38. The summed E-state index contributed by atoms with van der Waals surface area (Å²) in [6.07, 6.45) is 7.55. The van der Waals surface area contributed by atoms with E-state index in [0.717, 1.165) is 12.8 Å². The van der Waals surface area contributed by atoms with E-state index in [1.165, 1.54) is 95.3 Å². The molecule has 1 fully saturated rings. The van der Waals surface area contributed by atoms with Crippen molar-refractivity contribution in [1.29, 1.82) is 0 Å². The molecule has 1 saturated heterocycles. The number of para-hydroxylation sites is 1. The normalized spacial score (nSPS) is 15.9. The lowest BCUT2D eigenvalue weighted by atomic mass is 9.97. The fraction of sp³-hybridized carbons (Fsp3) is 0.310. The highest BCUT2D eigenvalue weighted by Crippen LogP contribution is 2.40. The van der Waals surface area contributed by atoms with Gasteiger partial charge >= 0.3 is 0 Å². The van der Waals surface area contributed by atoms with Gasteiger partial charge in [-0.25, -0.2) is 0 Å². The Labute approximate surface area is 184 Å². The number of aromatic amines is 1. The summed E-state index contributed by atoms with van der Waals surface area (Å²) in [4.78, 5) is 6.43. The van der Waals surface area contributed by atoms with Gasteiger partial charge in [0, 0.05) is 16.6 Å². The van der Waals surface area contributed by atoms with Crippen molar-refractivity contribution in [3.05, 3.63) is 83.4 Å². The lowest BCUT2D eigenvalue weighted by Gasteiger charge is -2.26. The van der Waals surface area contributed by atoms with Crippen LogP contribution < -0.4 is 0 Å². The Balaban J connectivity index is 1.32. The predicted molar refractivity (Wildman–Crippen MR) is 131 cm³/mol. The Hall–Kier alpha value is -2.84. The Kier molecular flexibility index (Phi) is 4.88. The summed E-state index contributed by atoms with van der Waals surface area (Å²) in [5, 5.41) is 1.39. The number of aryl methyl sites for hydroxylation is 1. The van der Waals surface area contributed by atoms with Crippen LogP contribution in [0.15, 0.2) is 66.7 Å². The van der Waals surface area contributed by atoms with Crippen molar-refractivity contribution >= 4 is 10.9 Å². The number of piperidine rings is 1. The van der Waals surface area contributed by atoms with E-state index in [1.807, 2.05) is 0 Å². The van der Waals surface area contributed by atoms with Gasteiger partial charge in [0.05, 0.1) is 0 Å². The number of fused-ring (bicyclic) bond motifs is 4. The van der Waals surface area contributed by atoms with Gasteiger partial charge in [-0.05, 0) is 97.3 Å². The van der Waals surface area contributed by atoms with Gasteiger partial charge in [0.15, 0.2) is 0 Å². The zero-order chi connectivity index (χ0) is 20.6. The van der Waals surface area contributed by atoms with E-state index < -0.39 is 0 Å². The number of hydrogen-bond acceptors (Lipinski definition) is 1. The van der Waals surface area contributed by atoms with Crippen LogP contribution in [0.1, 0.15) is 42.4 Å². The third-order valence-electron chi connectivity index (χ3n) is 7.25. The summed E-state index contributed by atoms with van der Waals surface area (Å²) in [5.74, 6) is 0. The van der Waals surface area contributed by atoms with Crippen molar-refractivity contribution in [3.8, 4) is 22.4 Å². The van der Waals surface area contributed by atoms with Crippen LogP contribution in [0.5, 0.6) is 0 Å². The topological polar surface area (TPSA) is 19.0 Å². The number of rotatable bonds is 5. The smallest absolute Gasteiger partial charge is 0.0497 e. The van der Waals surface area contributed by atoms with Gasteiger partial charge < -0.3 is 9.88 Å². The summed E-state index contributed by atoms with van der Waals surface area (Å²) in [6.45, 7) is 3.79. The highest BCUT2D eigenvalue weighted by Gasteiger charge is 2.20. The van der Waals surface area contributed by atoms with Crippen molar-refractivity contribution in [3.63, 3.8) is 0 Å². The largest absolute Gasteiger partial charge is 0.354 e. The van der Waals surface area contributed by atoms with Crippen LogP contribution in [0, 0.1) is 0 Å². The minimum Gasteiger partial charge on any atom is -0.354 e. The first-order valence-electron chi connectivity index (χ1n) is 11.9. The van der Waals surface area contributed by atoms with Crippen LogP contribution in [-0.4, -0.2) is 29.5 Å². The molecular weight excluding hydrogens is 376 g/mol. The predicted octanol–water partition coefficient (Wildman–Crippen LogP) is 6.82. The quantitative estimate of drug-likeness (QED) is 0.339. The third kappa shape index (κ3) is 3.49. The molecule has 4 aromatic rings. The molecule has 1 aliphatic heterocycles. The van der Waals surface area contributed by atoms with Gasteiger partial charge in [0.2, 0.25) is 0 Å². The Morgan fingerprint density at radius 3 is 2.52 bits per heavy atom. The summed E-state index contributed by atoms with van der Waals surface area (Å²) >= 11 is 0. The maximum atomic E-state index is 3.77. The molecule has 31 heavy (non-hydrogen) atoms. The van der Waals surface area contributed by atoms with Crippen LogP contribution in [0.2, 0.25) is 0 Å². The van der Waals surface area contributed by atoms with Crippen LogP contribution in [0.25, 0.3) is 33.3 Å². The van der Waals surface area contributed by atoms with Gasteiger partial charge in [-0.15, -0.1) is 0 Å². The van der Waals surface area contributed by atoms with Crippen LogP contribution in [0.4, 0.5) is 0 Å². The lowest BCUT2D eigenvalue weighted by molar-refractivity contribution is 0.226. The van der Waals surface area contributed by atoms with E-state index in [1.54, 1.807) is 0 Å². The second kappa shape index (κ2) is 8.01. The second-order valence-electron chi connectivity index (χ2n) is 9.24. The molecule has 2 heteroatoms. The molecule has 0 radical (unpaired) electrons. The molecule has 2 nitrogen and oxygen atoms in total. The first-order valence-corrected chi connectivity index (χ1v) is 11.9. The highest BCUT2D eigenvalue weighted by molar-refractivity contribution is 5.91. The molecule has 6 rings (SSSR count). The molecule has 0 bridgehead atoms. The first-order chi connectivity index (χ1) is 15.4. The van der Waals surface area contributed by atoms with E-state index in [-0.39, 0.29) is 0 Å². The zero-order valence-electron chi connectivity index (χ0n) is 18.2. The molecule has 0 atom stereocenters. The number of nitrogens with zero attached hydrogens (tertiary/aromatic N) is 1. The Bertz CT molecular complexity index is 1230. The molecule has 156 valence electrons. The summed E-state index contributed by atoms with van der Waals surface area (Å²) in [5.41, 5.74) is 11.1. The minimum absolute atomic E-state index is 1.05. The van der Waals surface area contributed by atoms with E-state index in [0.29, 0.717) is 0 Å². The van der Waals surface area contributed by atoms with Crippen molar-refractivity contribution in [2.45, 2.75) is 38.5 Å². The third-order valence-corrected chi connectivity index (χ3v) is 7.25. The molecule has 0 amide bonds. The number of hydrogen-bond donors (Lipinski definition) is 1. The van der Waals surface area contributed by atoms with Crippen LogP contribution in [0.3, 0.4) is 0 Å². The average molecular weight is 407 g/mol. The maximum Gasteiger partial charge on any atom is 0.0497 e. The Morgan fingerprint density at radius 2 is 1.58 bits per heavy atom. The first kappa shape index (κ1) is 18.9. The van der Waals surface area contributed by atoms with E-state index in [4.69, 9.17) is 0 Å². The molecule has 0 saturated carbocycles. The van der Waals surface area contributed by atoms with Crippen LogP contribution in [-0.2, 0) is 12.8 Å². The number of nitrogens with one attached hydrogen (secondary N) is 1. The summed E-state index contributed by atoms with van der Waals surface area (Å²) in [6, 6.07) is 24.7. The highest BCUT2D eigenvalue weighted by atomic mass is 15.1. The minimum atomic E-state index is 1.05. The number of H-pyrrole nitrogens is 1. The Morgan fingerprint density at radius 1 is 0.774 bits per heavy atom. The number of aromatic nitrogens is 1. The molecule has 1 N–H and O–H groups in total. The monoisotopic (exact) mass is 406 g/mol. The van der Waals surface area contributed by atoms with Crippen molar-refractivity contribution < 1.29 is 0 Å². The molecule has 0 spiro atoms. The van der Waals surface area contributed by atoms with Crippen molar-refractivity contribution in [2.75, 3.05) is 19.6 Å². The van der Waals surface area contributed by atoms with Gasteiger partial charge in [0.1, 0.15) is 0 Å². The molecule has 0 unspecified atom stereocenters. The molecule has 3 aromatic carbocycles. The lowest BCUT2D eigenvalue weighted by Crippen LogP contribution is -2.30. The van der Waals surface area contributed by atoms with Gasteiger partial charge in [-0.1, -0.05) is 61.0 Å². The number of benzene rings is 3. The van der Waals surface area contributed by atoms with E-state index in [2.05, 4.69) is 76.6 Å². The van der Waals surface area contributed by atoms with Gasteiger partial charge in [0.25, 0.3) is 0 Å². The molecule has 2 heterocycles. The summed E-state index contributed by atoms with van der Waals surface area (Å²) in [7, 11) is 0. The standard InChI is InChI=1S/C29H30N2/c1-6-16-31(17-7-1)18-8-12-27-26-11-4-5-13-28(26)30-29(27)22-14-15-25-23(20-22)19-21-9-2-3-10-24(21)25/h2-5,9-11,13-15,20,30H,1,6-8,12,16-19H2. The zero-order valence-corrected chi connectivity index (χ0v) is 18.2. The molecule has 2 aliphatic rings. The number of likely N-dealkylation sites (tertiary alicyclic amines) is 1. The second-order valence-corrected chi connectivity index (χ2v) is 9.24. The fourth-order valence-electron chi connectivity index (χ4n) is 5.67. The van der Waals surface area contributed by atoms with Crippen molar-refractivity contribution in [2.24, 2.45) is 0 Å². The van der Waals surface area contributed by atoms with Gasteiger partial charge in [-0.2, -0.15) is 0 Å². The summed E-state index contributed by atoms with van der Waals surface area (Å²) < 4.78 is 0. The molecular formula is C29H30N2. The van der Waals surface area contributed by atoms with Crippen LogP contribution >= 0.6 is 0 Å². The molecule has 1 aliphatic carbocycles. The molecule has 1 aromatic heterocycles. The van der Waals surface area contributed by atoms with E-state index in [9.17, 15) is 0 Å².